The van der Waals surface area contributed by atoms with Gasteiger partial charge in [-0.15, -0.1) is 10.2 Å². The molecule has 6 rings (SSSR count). The van der Waals surface area contributed by atoms with Crippen molar-refractivity contribution in [2.75, 3.05) is 45.9 Å². The molecule has 0 bridgehead atoms. The van der Waals surface area contributed by atoms with Crippen molar-refractivity contribution in [1.82, 2.24) is 30.3 Å². The van der Waals surface area contributed by atoms with Crippen LogP contribution in [0.2, 0.25) is 0 Å². The van der Waals surface area contributed by atoms with Crippen LogP contribution in [0.15, 0.2) is 54.9 Å². The van der Waals surface area contributed by atoms with E-state index in [1.165, 1.54) is 5.56 Å². The number of piperidine rings is 1. The summed E-state index contributed by atoms with van der Waals surface area (Å²) < 4.78 is 13.9. The van der Waals surface area contributed by atoms with Crippen LogP contribution in [0.3, 0.4) is 0 Å². The highest BCUT2D eigenvalue weighted by Gasteiger charge is 2.40. The zero-order valence-electron chi connectivity index (χ0n) is 25.5. The minimum absolute atomic E-state index is 0.0595. The second-order valence-electron chi connectivity index (χ2n) is 12.3. The Labute approximate surface area is 259 Å². The number of aromatic nitrogens is 3. The summed E-state index contributed by atoms with van der Waals surface area (Å²) in [5, 5.41) is 14.6. The third-order valence-electron chi connectivity index (χ3n) is 9.26. The Balaban J connectivity index is 0.946. The maximum atomic E-state index is 13.4. The van der Waals surface area contributed by atoms with Crippen LogP contribution in [0, 0.1) is 5.41 Å². The second kappa shape index (κ2) is 14.2. The molecular formula is C34H44N6O4. The molecule has 2 aliphatic heterocycles. The molecule has 0 radical (unpaired) electrons. The van der Waals surface area contributed by atoms with Crippen molar-refractivity contribution in [1.29, 1.82) is 0 Å². The molecule has 1 saturated heterocycles. The van der Waals surface area contributed by atoms with E-state index in [4.69, 9.17) is 9.47 Å². The Morgan fingerprint density at radius 3 is 2.73 bits per heavy atom. The molecule has 1 aromatic heterocycles. The van der Waals surface area contributed by atoms with Gasteiger partial charge >= 0.3 is 0 Å². The lowest BCUT2D eigenvalue weighted by Gasteiger charge is -2.41. The SMILES string of the molecule is O=C(COc1ccccc1-n1cnnc1C1CC1)NCCN1CCC2(CCCCCc3ccccc3OCCNC2=O)CC1. The molecule has 10 heteroatoms. The van der Waals surface area contributed by atoms with Gasteiger partial charge in [0.05, 0.1) is 17.6 Å². The molecule has 234 valence electrons. The molecule has 0 unspecified atom stereocenters. The predicted molar refractivity (Wildman–Crippen MR) is 167 cm³/mol. The van der Waals surface area contributed by atoms with E-state index in [1.54, 1.807) is 6.33 Å². The van der Waals surface area contributed by atoms with E-state index in [-0.39, 0.29) is 23.8 Å². The van der Waals surface area contributed by atoms with Crippen LogP contribution < -0.4 is 20.1 Å². The number of aryl methyl sites for hydroxylation is 1. The molecule has 1 spiro atoms. The largest absolute Gasteiger partial charge is 0.491 e. The fourth-order valence-electron chi connectivity index (χ4n) is 6.49. The predicted octanol–water partition coefficient (Wildman–Crippen LogP) is 4.03. The van der Waals surface area contributed by atoms with Crippen LogP contribution in [-0.2, 0) is 16.0 Å². The first-order valence-electron chi connectivity index (χ1n) is 16.2. The maximum Gasteiger partial charge on any atom is 0.257 e. The van der Waals surface area contributed by atoms with Crippen molar-refractivity contribution in [2.45, 2.75) is 63.7 Å². The van der Waals surface area contributed by atoms with Gasteiger partial charge in [-0.3, -0.25) is 14.2 Å². The van der Waals surface area contributed by atoms with Crippen LogP contribution in [0.1, 0.15) is 68.7 Å². The number of amides is 2. The van der Waals surface area contributed by atoms with Gasteiger partial charge in [0.2, 0.25) is 5.91 Å². The highest BCUT2D eigenvalue weighted by molar-refractivity contribution is 5.82. The monoisotopic (exact) mass is 600 g/mol. The molecule has 0 atom stereocenters. The number of rotatable bonds is 8. The van der Waals surface area contributed by atoms with Crippen LogP contribution in [0.25, 0.3) is 5.69 Å². The van der Waals surface area contributed by atoms with Crippen LogP contribution in [0.5, 0.6) is 11.5 Å². The Kier molecular flexibility index (Phi) is 9.75. The van der Waals surface area contributed by atoms with Gasteiger partial charge in [0, 0.05) is 19.0 Å². The average Bonchev–Trinajstić information content (AvgIpc) is 3.78. The molecular weight excluding hydrogens is 556 g/mol. The summed E-state index contributed by atoms with van der Waals surface area (Å²) in [6.07, 6.45) is 10.8. The van der Waals surface area contributed by atoms with Crippen molar-refractivity contribution in [3.8, 4) is 17.2 Å². The van der Waals surface area contributed by atoms with Gasteiger partial charge in [0.15, 0.2) is 6.61 Å². The number of hydrogen-bond donors (Lipinski definition) is 2. The van der Waals surface area contributed by atoms with Crippen LogP contribution >= 0.6 is 0 Å². The third kappa shape index (κ3) is 7.41. The van der Waals surface area contributed by atoms with Crippen molar-refractivity contribution in [3.05, 3.63) is 66.2 Å². The Bertz CT molecular complexity index is 1410. The van der Waals surface area contributed by atoms with E-state index in [1.807, 2.05) is 41.0 Å². The van der Waals surface area contributed by atoms with Gasteiger partial charge < -0.3 is 25.0 Å². The van der Waals surface area contributed by atoms with Gasteiger partial charge in [-0.1, -0.05) is 43.2 Å². The number of fused-ring (bicyclic) bond motifs is 1. The summed E-state index contributed by atoms with van der Waals surface area (Å²) in [5.74, 6) is 2.96. The molecule has 2 N–H and O–H groups in total. The summed E-state index contributed by atoms with van der Waals surface area (Å²) >= 11 is 0. The lowest BCUT2D eigenvalue weighted by atomic mass is 9.73. The summed E-state index contributed by atoms with van der Waals surface area (Å²) in [5.41, 5.74) is 1.77. The zero-order chi connectivity index (χ0) is 30.2. The Morgan fingerprint density at radius 2 is 1.86 bits per heavy atom. The highest BCUT2D eigenvalue weighted by atomic mass is 16.5. The number of carbonyl (C=O) groups excluding carboxylic acids is 2. The number of ether oxygens (including phenoxy) is 2. The molecule has 3 heterocycles. The van der Waals surface area contributed by atoms with E-state index in [0.29, 0.717) is 31.4 Å². The minimum atomic E-state index is -0.327. The molecule has 1 aliphatic carbocycles. The first kappa shape index (κ1) is 30.1. The fraction of sp³-hybridized carbons (Fsp3) is 0.529. The first-order chi connectivity index (χ1) is 21.6. The lowest BCUT2D eigenvalue weighted by molar-refractivity contribution is -0.134. The van der Waals surface area contributed by atoms with Gasteiger partial charge in [-0.25, -0.2) is 0 Å². The molecule has 3 aromatic rings. The van der Waals surface area contributed by atoms with Gasteiger partial charge in [-0.05, 0) is 81.8 Å². The van der Waals surface area contributed by atoms with E-state index < -0.39 is 0 Å². The van der Waals surface area contributed by atoms with E-state index >= 15 is 0 Å². The molecule has 3 aliphatic rings. The van der Waals surface area contributed by atoms with Gasteiger partial charge in [0.1, 0.15) is 30.3 Å². The van der Waals surface area contributed by atoms with Crippen LogP contribution in [-0.4, -0.2) is 77.4 Å². The van der Waals surface area contributed by atoms with Crippen molar-refractivity contribution >= 4 is 11.8 Å². The van der Waals surface area contributed by atoms with Gasteiger partial charge in [0.25, 0.3) is 5.91 Å². The summed E-state index contributed by atoms with van der Waals surface area (Å²) in [6, 6.07) is 15.9. The number of para-hydroxylation sites is 3. The molecule has 10 nitrogen and oxygen atoms in total. The van der Waals surface area contributed by atoms with Crippen molar-refractivity contribution in [3.63, 3.8) is 0 Å². The smallest absolute Gasteiger partial charge is 0.257 e. The Morgan fingerprint density at radius 1 is 1.05 bits per heavy atom. The summed E-state index contributed by atoms with van der Waals surface area (Å²) in [6.45, 7) is 3.90. The third-order valence-corrected chi connectivity index (χ3v) is 9.26. The molecule has 2 amide bonds. The Hall–Kier alpha value is -3.92. The maximum absolute atomic E-state index is 13.4. The lowest BCUT2D eigenvalue weighted by Crippen LogP contribution is -2.50. The average molecular weight is 601 g/mol. The topological polar surface area (TPSA) is 111 Å². The number of benzene rings is 2. The zero-order valence-corrected chi connectivity index (χ0v) is 25.5. The van der Waals surface area contributed by atoms with Crippen LogP contribution in [0.4, 0.5) is 0 Å². The second-order valence-corrected chi connectivity index (χ2v) is 12.3. The van der Waals surface area contributed by atoms with E-state index in [9.17, 15) is 9.59 Å². The van der Waals surface area contributed by atoms with E-state index in [0.717, 1.165) is 94.7 Å². The number of nitrogens with one attached hydrogen (secondary N) is 2. The standard InChI is InChI=1S/C34H44N6O4/c41-31(24-44-30-12-6-4-10-28(30)40-25-37-38-32(40)27-13-14-27)35-18-22-39-20-16-34(17-21-39)15-7-1-2-8-26-9-3-5-11-29(26)43-23-19-36-33(34)42/h3-6,9-12,25,27H,1-2,7-8,13-24H2,(H,35,41)(H,36,42). The molecule has 2 aromatic carbocycles. The number of likely N-dealkylation sites (tertiary alicyclic amines) is 1. The highest BCUT2D eigenvalue weighted by Crippen LogP contribution is 2.40. The molecule has 1 saturated carbocycles. The van der Waals surface area contributed by atoms with Crippen molar-refractivity contribution < 1.29 is 19.1 Å². The van der Waals surface area contributed by atoms with Crippen molar-refractivity contribution in [2.24, 2.45) is 5.41 Å². The fourth-order valence-corrected chi connectivity index (χ4v) is 6.49. The first-order valence-corrected chi connectivity index (χ1v) is 16.2. The molecule has 44 heavy (non-hydrogen) atoms. The van der Waals surface area contributed by atoms with Gasteiger partial charge in [-0.2, -0.15) is 0 Å². The number of carbonyl (C=O) groups is 2. The molecule has 2 fully saturated rings. The number of hydrogen-bond acceptors (Lipinski definition) is 7. The minimum Gasteiger partial charge on any atom is -0.491 e. The number of nitrogens with zero attached hydrogens (tertiary/aromatic N) is 4. The van der Waals surface area contributed by atoms with E-state index in [2.05, 4.69) is 37.9 Å². The quantitative estimate of drug-likeness (QED) is 0.402. The summed E-state index contributed by atoms with van der Waals surface area (Å²) in [7, 11) is 0. The summed E-state index contributed by atoms with van der Waals surface area (Å²) in [4.78, 5) is 28.4. The normalized spacial score (nSPS) is 19.4.